The van der Waals surface area contributed by atoms with Crippen LogP contribution < -0.4 is 9.13 Å². The molecule has 2 heterocycles. The van der Waals surface area contributed by atoms with E-state index in [1.807, 2.05) is 0 Å². The van der Waals surface area contributed by atoms with Crippen molar-refractivity contribution in [3.63, 3.8) is 0 Å². The average Bonchev–Trinajstić information content (AvgIpc) is 2.55. The molecule has 3 aromatic rings. The summed E-state index contributed by atoms with van der Waals surface area (Å²) in [7, 11) is 4.26. The second kappa shape index (κ2) is 6.44. The van der Waals surface area contributed by atoms with Crippen LogP contribution >= 0.6 is 0 Å². The molecule has 0 fully saturated rings. The molecule has 0 spiro atoms. The Labute approximate surface area is 151 Å². The molecular formula is C23H28N2+2. The van der Waals surface area contributed by atoms with E-state index in [-0.39, 0.29) is 0 Å². The van der Waals surface area contributed by atoms with E-state index < -0.39 is 0 Å². The first-order valence-corrected chi connectivity index (χ1v) is 8.83. The van der Waals surface area contributed by atoms with Crippen molar-refractivity contribution in [2.75, 3.05) is 0 Å². The third-order valence-corrected chi connectivity index (χ3v) is 5.37. The van der Waals surface area contributed by atoms with Crippen LogP contribution in [0.15, 0.2) is 42.7 Å². The maximum absolute atomic E-state index is 2.29. The summed E-state index contributed by atoms with van der Waals surface area (Å²) in [6.45, 7) is 10.9. The summed E-state index contributed by atoms with van der Waals surface area (Å²) in [5.74, 6) is 0. The molecular weight excluding hydrogens is 304 g/mol. The van der Waals surface area contributed by atoms with Gasteiger partial charge in [-0.25, -0.2) is 9.13 Å². The predicted molar refractivity (Wildman–Crippen MR) is 103 cm³/mol. The van der Waals surface area contributed by atoms with Gasteiger partial charge in [0.1, 0.15) is 14.1 Å². The van der Waals surface area contributed by atoms with Crippen LogP contribution in [0.1, 0.15) is 27.8 Å². The van der Waals surface area contributed by atoms with Crippen molar-refractivity contribution in [3.8, 4) is 22.5 Å². The van der Waals surface area contributed by atoms with Gasteiger partial charge in [-0.2, -0.15) is 0 Å². The lowest BCUT2D eigenvalue weighted by atomic mass is 9.95. The van der Waals surface area contributed by atoms with Gasteiger partial charge in [-0.1, -0.05) is 6.07 Å². The fourth-order valence-electron chi connectivity index (χ4n) is 3.49. The summed E-state index contributed by atoms with van der Waals surface area (Å²) in [6.07, 6.45) is 4.43. The highest BCUT2D eigenvalue weighted by Gasteiger charge is 2.20. The Morgan fingerprint density at radius 1 is 0.600 bits per heavy atom. The lowest BCUT2D eigenvalue weighted by Gasteiger charge is -2.11. The summed E-state index contributed by atoms with van der Waals surface area (Å²) in [5.41, 5.74) is 11.7. The van der Waals surface area contributed by atoms with Gasteiger partial charge in [-0.15, -0.1) is 0 Å². The Morgan fingerprint density at radius 2 is 1.00 bits per heavy atom. The van der Waals surface area contributed by atoms with Crippen LogP contribution in [0, 0.1) is 34.6 Å². The van der Waals surface area contributed by atoms with E-state index in [9.17, 15) is 0 Å². The molecule has 0 radical (unpaired) electrons. The molecule has 0 saturated heterocycles. The first kappa shape index (κ1) is 17.3. The predicted octanol–water partition coefficient (Wildman–Crippen LogP) is 4.21. The summed E-state index contributed by atoms with van der Waals surface area (Å²) >= 11 is 0. The van der Waals surface area contributed by atoms with Crippen molar-refractivity contribution in [1.29, 1.82) is 0 Å². The van der Waals surface area contributed by atoms with E-state index in [4.69, 9.17) is 0 Å². The van der Waals surface area contributed by atoms with E-state index in [1.165, 1.54) is 50.3 Å². The van der Waals surface area contributed by atoms with Gasteiger partial charge in [-0.3, -0.25) is 0 Å². The van der Waals surface area contributed by atoms with E-state index in [0.29, 0.717) is 0 Å². The highest BCUT2D eigenvalue weighted by Crippen LogP contribution is 2.30. The minimum absolute atomic E-state index is 1.26. The fraction of sp³-hybridized carbons (Fsp3) is 0.304. The molecule has 128 valence electrons. The molecule has 0 bridgehead atoms. The van der Waals surface area contributed by atoms with Gasteiger partial charge >= 0.3 is 0 Å². The lowest BCUT2D eigenvalue weighted by molar-refractivity contribution is -0.661. The molecule has 3 rings (SSSR count). The standard InChI is InChI=1S/C23H28N2/c1-15-11-22(24(6)13-17(15)3)20-9-8-10-21(19(20)5)23-12-16(2)18(4)14-25(23)7/h8-14H,1-7H3/q+2. The Bertz CT molecular complexity index is 893. The van der Waals surface area contributed by atoms with Crippen molar-refractivity contribution < 1.29 is 9.13 Å². The highest BCUT2D eigenvalue weighted by atomic mass is 14.9. The molecule has 0 N–H and O–H groups in total. The maximum atomic E-state index is 2.29. The highest BCUT2D eigenvalue weighted by molar-refractivity contribution is 5.73. The molecule has 0 atom stereocenters. The summed E-state index contributed by atoms with van der Waals surface area (Å²) in [5, 5.41) is 0. The molecule has 0 unspecified atom stereocenters. The van der Waals surface area contributed by atoms with Gasteiger partial charge in [-0.05, 0) is 63.4 Å². The van der Waals surface area contributed by atoms with Crippen molar-refractivity contribution in [2.24, 2.45) is 14.1 Å². The number of hydrogen-bond acceptors (Lipinski definition) is 0. The molecule has 2 nitrogen and oxygen atoms in total. The third-order valence-electron chi connectivity index (χ3n) is 5.37. The third kappa shape index (κ3) is 3.09. The van der Waals surface area contributed by atoms with Crippen molar-refractivity contribution in [3.05, 3.63) is 70.5 Å². The van der Waals surface area contributed by atoms with Crippen LogP contribution in [0.3, 0.4) is 0 Å². The number of pyridine rings is 2. The lowest BCUT2D eigenvalue weighted by Crippen LogP contribution is -2.32. The second-order valence-electron chi connectivity index (χ2n) is 7.25. The van der Waals surface area contributed by atoms with Crippen LogP contribution in [0.5, 0.6) is 0 Å². The topological polar surface area (TPSA) is 7.76 Å². The summed E-state index contributed by atoms with van der Waals surface area (Å²) in [4.78, 5) is 0. The van der Waals surface area contributed by atoms with Crippen molar-refractivity contribution >= 4 is 0 Å². The molecule has 2 aromatic heterocycles. The average molecular weight is 332 g/mol. The first-order valence-electron chi connectivity index (χ1n) is 8.83. The minimum atomic E-state index is 1.26. The molecule has 0 aliphatic carbocycles. The Hall–Kier alpha value is -2.48. The number of benzene rings is 1. The minimum Gasteiger partial charge on any atom is -0.201 e. The Balaban J connectivity index is 2.23. The smallest absolute Gasteiger partial charge is 0.201 e. The van der Waals surface area contributed by atoms with Gasteiger partial charge in [0.15, 0.2) is 12.4 Å². The molecule has 2 heteroatoms. The van der Waals surface area contributed by atoms with E-state index >= 15 is 0 Å². The van der Waals surface area contributed by atoms with Gasteiger partial charge in [0.05, 0.1) is 0 Å². The van der Waals surface area contributed by atoms with Crippen LogP contribution in [0.25, 0.3) is 22.5 Å². The van der Waals surface area contributed by atoms with E-state index in [1.54, 1.807) is 0 Å². The fourth-order valence-corrected chi connectivity index (χ4v) is 3.49. The largest absolute Gasteiger partial charge is 0.212 e. The monoisotopic (exact) mass is 332 g/mol. The second-order valence-corrected chi connectivity index (χ2v) is 7.25. The molecule has 0 aliphatic heterocycles. The Kier molecular flexibility index (Phi) is 4.47. The number of aryl methyl sites for hydroxylation is 6. The number of nitrogens with zero attached hydrogens (tertiary/aromatic N) is 2. The zero-order valence-corrected chi connectivity index (χ0v) is 16.4. The van der Waals surface area contributed by atoms with Gasteiger partial charge in [0.25, 0.3) is 0 Å². The van der Waals surface area contributed by atoms with E-state index in [0.717, 1.165) is 0 Å². The maximum Gasteiger partial charge on any atom is 0.212 e. The zero-order valence-electron chi connectivity index (χ0n) is 16.4. The Morgan fingerprint density at radius 3 is 1.40 bits per heavy atom. The molecule has 1 aromatic carbocycles. The number of aromatic nitrogens is 2. The van der Waals surface area contributed by atoms with Crippen molar-refractivity contribution in [2.45, 2.75) is 34.6 Å². The van der Waals surface area contributed by atoms with Crippen LogP contribution in [0.2, 0.25) is 0 Å². The van der Waals surface area contributed by atoms with Crippen LogP contribution in [-0.4, -0.2) is 0 Å². The number of rotatable bonds is 2. The molecule has 0 amide bonds. The summed E-state index contributed by atoms with van der Waals surface area (Å²) in [6, 6.07) is 11.2. The van der Waals surface area contributed by atoms with E-state index in [2.05, 4.69) is 101 Å². The first-order chi connectivity index (χ1) is 11.8. The molecule has 0 saturated carbocycles. The molecule has 25 heavy (non-hydrogen) atoms. The van der Waals surface area contributed by atoms with Crippen LogP contribution in [0.4, 0.5) is 0 Å². The van der Waals surface area contributed by atoms with Gasteiger partial charge in [0, 0.05) is 34.4 Å². The molecule has 0 aliphatic rings. The number of hydrogen-bond donors (Lipinski definition) is 0. The SMILES string of the molecule is Cc1cc(-c2cccc(-c3cc(C)c(C)c[n+]3C)c2C)[n+](C)cc1C. The quantitative estimate of drug-likeness (QED) is 0.621. The summed E-state index contributed by atoms with van der Waals surface area (Å²) < 4.78 is 4.46. The van der Waals surface area contributed by atoms with Gasteiger partial charge in [0.2, 0.25) is 11.4 Å². The zero-order chi connectivity index (χ0) is 18.3. The van der Waals surface area contributed by atoms with Crippen molar-refractivity contribution in [1.82, 2.24) is 0 Å². The van der Waals surface area contributed by atoms with Crippen LogP contribution in [-0.2, 0) is 14.1 Å². The van der Waals surface area contributed by atoms with Gasteiger partial charge < -0.3 is 0 Å². The normalized spacial score (nSPS) is 11.0.